The lowest BCUT2D eigenvalue weighted by atomic mass is 10.1. The van der Waals surface area contributed by atoms with E-state index in [1.165, 1.54) is 0 Å². The second-order valence-corrected chi connectivity index (χ2v) is 8.49. The lowest BCUT2D eigenvalue weighted by Gasteiger charge is -2.15. The van der Waals surface area contributed by atoms with Gasteiger partial charge < -0.3 is 21.3 Å². The first-order chi connectivity index (χ1) is 18.0. The number of rotatable bonds is 9. The zero-order chi connectivity index (χ0) is 26.0. The molecule has 0 fully saturated rings. The molecule has 0 spiro atoms. The number of amides is 3. The monoisotopic (exact) mass is 492 g/mol. The molecule has 4 aromatic carbocycles. The molecule has 1 unspecified atom stereocenters. The summed E-state index contributed by atoms with van der Waals surface area (Å²) in [7, 11) is 0. The quantitative estimate of drug-likeness (QED) is 0.249. The van der Waals surface area contributed by atoms with Gasteiger partial charge in [-0.25, -0.2) is 0 Å². The first-order valence-electron chi connectivity index (χ1n) is 11.9. The van der Waals surface area contributed by atoms with E-state index in [1.807, 2.05) is 43.3 Å². The summed E-state index contributed by atoms with van der Waals surface area (Å²) in [6.45, 7) is 1.94. The highest BCUT2D eigenvalue weighted by Gasteiger charge is 2.12. The topological polar surface area (TPSA) is 99.3 Å². The summed E-state index contributed by atoms with van der Waals surface area (Å²) < 4.78 is 0. The van der Waals surface area contributed by atoms with Gasteiger partial charge in [-0.1, -0.05) is 60.7 Å². The van der Waals surface area contributed by atoms with Gasteiger partial charge in [-0.05, 0) is 61.0 Å². The molecule has 7 nitrogen and oxygen atoms in total. The molecule has 37 heavy (non-hydrogen) atoms. The fourth-order valence-corrected chi connectivity index (χ4v) is 3.73. The average molecular weight is 493 g/mol. The summed E-state index contributed by atoms with van der Waals surface area (Å²) in [4.78, 5) is 37.6. The van der Waals surface area contributed by atoms with Crippen LogP contribution in [0.4, 0.5) is 17.1 Å². The number of carbonyl (C=O) groups excluding carboxylic acids is 3. The SMILES string of the molecule is CC(NC(=O)c1cccc(NCC(=O)Nc2cccc(NC(=O)c3ccccc3)c2)c1)c1ccccc1. The summed E-state index contributed by atoms with van der Waals surface area (Å²) in [6.07, 6.45) is 0. The summed E-state index contributed by atoms with van der Waals surface area (Å²) in [5.74, 6) is -0.689. The Labute approximate surface area is 215 Å². The van der Waals surface area contributed by atoms with Crippen LogP contribution in [-0.4, -0.2) is 24.3 Å². The first-order valence-corrected chi connectivity index (χ1v) is 11.9. The molecule has 186 valence electrons. The fourth-order valence-electron chi connectivity index (χ4n) is 3.73. The molecule has 0 aromatic heterocycles. The molecule has 0 saturated carbocycles. The molecule has 7 heteroatoms. The number of nitrogens with one attached hydrogen (secondary N) is 4. The smallest absolute Gasteiger partial charge is 0.255 e. The molecule has 1 atom stereocenters. The molecule has 0 heterocycles. The fraction of sp³-hybridized carbons (Fsp3) is 0.100. The normalized spacial score (nSPS) is 11.2. The van der Waals surface area contributed by atoms with Gasteiger partial charge in [-0.3, -0.25) is 14.4 Å². The zero-order valence-electron chi connectivity index (χ0n) is 20.4. The maximum absolute atomic E-state index is 12.7. The first kappa shape index (κ1) is 25.2. The van der Waals surface area contributed by atoms with Gasteiger partial charge in [0.2, 0.25) is 5.91 Å². The Balaban J connectivity index is 1.30. The molecule has 4 rings (SSSR count). The van der Waals surface area contributed by atoms with Crippen molar-refractivity contribution in [3.05, 3.63) is 126 Å². The van der Waals surface area contributed by atoms with Crippen LogP contribution in [-0.2, 0) is 4.79 Å². The Kier molecular flexibility index (Phi) is 8.29. The molecule has 0 radical (unpaired) electrons. The molecule has 0 bridgehead atoms. The highest BCUT2D eigenvalue weighted by atomic mass is 16.2. The average Bonchev–Trinajstić information content (AvgIpc) is 2.93. The number of benzene rings is 4. The zero-order valence-corrected chi connectivity index (χ0v) is 20.4. The van der Waals surface area contributed by atoms with Crippen LogP contribution in [0.15, 0.2) is 109 Å². The second kappa shape index (κ2) is 12.2. The van der Waals surface area contributed by atoms with Crippen molar-refractivity contribution in [3.8, 4) is 0 Å². The Morgan fingerprint density at radius 1 is 0.622 bits per heavy atom. The minimum absolute atomic E-state index is 0.00604. The Hall–Kier alpha value is -4.91. The summed E-state index contributed by atoms with van der Waals surface area (Å²) >= 11 is 0. The third kappa shape index (κ3) is 7.29. The van der Waals surface area contributed by atoms with Gasteiger partial charge in [0.15, 0.2) is 0 Å². The Morgan fingerprint density at radius 3 is 1.95 bits per heavy atom. The number of hydrogen-bond acceptors (Lipinski definition) is 4. The summed E-state index contributed by atoms with van der Waals surface area (Å²) in [5, 5.41) is 11.7. The van der Waals surface area contributed by atoms with Crippen LogP contribution in [0.1, 0.15) is 39.2 Å². The van der Waals surface area contributed by atoms with Crippen molar-refractivity contribution >= 4 is 34.8 Å². The van der Waals surface area contributed by atoms with E-state index >= 15 is 0 Å². The van der Waals surface area contributed by atoms with Crippen molar-refractivity contribution in [2.75, 3.05) is 22.5 Å². The third-order valence-electron chi connectivity index (χ3n) is 5.67. The molecule has 0 saturated heterocycles. The molecule has 0 aliphatic carbocycles. The lowest BCUT2D eigenvalue weighted by molar-refractivity contribution is -0.114. The van der Waals surface area contributed by atoms with Gasteiger partial charge in [-0.15, -0.1) is 0 Å². The highest BCUT2D eigenvalue weighted by Crippen LogP contribution is 2.17. The van der Waals surface area contributed by atoms with Crippen LogP contribution in [0.25, 0.3) is 0 Å². The van der Waals surface area contributed by atoms with Crippen molar-refractivity contribution in [2.24, 2.45) is 0 Å². The van der Waals surface area contributed by atoms with Crippen LogP contribution in [0.5, 0.6) is 0 Å². The van der Waals surface area contributed by atoms with E-state index < -0.39 is 0 Å². The third-order valence-corrected chi connectivity index (χ3v) is 5.67. The minimum Gasteiger partial charge on any atom is -0.376 e. The second-order valence-electron chi connectivity index (χ2n) is 8.49. The van der Waals surface area contributed by atoms with Crippen molar-refractivity contribution < 1.29 is 14.4 Å². The van der Waals surface area contributed by atoms with E-state index in [0.717, 1.165) is 5.56 Å². The largest absolute Gasteiger partial charge is 0.376 e. The molecule has 4 N–H and O–H groups in total. The molecule has 4 aromatic rings. The van der Waals surface area contributed by atoms with Gasteiger partial charge in [0.25, 0.3) is 11.8 Å². The standard InChI is InChI=1S/C30H28N4O3/c1-21(22-10-4-2-5-11-22)32-30(37)24-14-8-15-25(18-24)31-20-28(35)33-26-16-9-17-27(19-26)34-29(36)23-12-6-3-7-13-23/h2-19,21,31H,20H2,1H3,(H,32,37)(H,33,35)(H,34,36). The molecular weight excluding hydrogens is 464 g/mol. The van der Waals surface area contributed by atoms with E-state index in [4.69, 9.17) is 0 Å². The Bertz CT molecular complexity index is 1370. The number of carbonyl (C=O) groups is 3. The van der Waals surface area contributed by atoms with Crippen molar-refractivity contribution in [1.29, 1.82) is 0 Å². The maximum atomic E-state index is 12.7. The Morgan fingerprint density at radius 2 is 1.22 bits per heavy atom. The van der Waals surface area contributed by atoms with Crippen LogP contribution in [0.2, 0.25) is 0 Å². The van der Waals surface area contributed by atoms with Crippen LogP contribution in [0, 0.1) is 0 Å². The number of hydrogen-bond donors (Lipinski definition) is 4. The van der Waals surface area contributed by atoms with Crippen molar-refractivity contribution in [3.63, 3.8) is 0 Å². The predicted molar refractivity (Wildman–Crippen MR) is 147 cm³/mol. The van der Waals surface area contributed by atoms with E-state index in [9.17, 15) is 14.4 Å². The maximum Gasteiger partial charge on any atom is 0.255 e. The van der Waals surface area contributed by atoms with Crippen molar-refractivity contribution in [2.45, 2.75) is 13.0 Å². The number of anilines is 3. The van der Waals surface area contributed by atoms with Crippen molar-refractivity contribution in [1.82, 2.24) is 5.32 Å². The van der Waals surface area contributed by atoms with Crippen LogP contribution < -0.4 is 21.3 Å². The van der Waals surface area contributed by atoms with Gasteiger partial charge in [-0.2, -0.15) is 0 Å². The van der Waals surface area contributed by atoms with E-state index in [1.54, 1.807) is 72.8 Å². The van der Waals surface area contributed by atoms with E-state index in [0.29, 0.717) is 28.2 Å². The lowest BCUT2D eigenvalue weighted by Crippen LogP contribution is -2.26. The van der Waals surface area contributed by atoms with Gasteiger partial charge in [0.1, 0.15) is 0 Å². The molecule has 3 amide bonds. The highest BCUT2D eigenvalue weighted by molar-refractivity contribution is 6.04. The molecular formula is C30H28N4O3. The van der Waals surface area contributed by atoms with Gasteiger partial charge >= 0.3 is 0 Å². The minimum atomic E-state index is -0.265. The summed E-state index contributed by atoms with van der Waals surface area (Å²) in [6, 6.07) is 32.4. The van der Waals surface area contributed by atoms with Gasteiger partial charge in [0, 0.05) is 28.2 Å². The van der Waals surface area contributed by atoms with Crippen LogP contribution >= 0.6 is 0 Å². The summed E-state index contributed by atoms with van der Waals surface area (Å²) in [5.41, 5.74) is 3.84. The molecule has 0 aliphatic heterocycles. The van der Waals surface area contributed by atoms with E-state index in [-0.39, 0.29) is 30.3 Å². The van der Waals surface area contributed by atoms with E-state index in [2.05, 4.69) is 21.3 Å². The predicted octanol–water partition coefficient (Wildman–Crippen LogP) is 5.48. The van der Waals surface area contributed by atoms with Crippen LogP contribution in [0.3, 0.4) is 0 Å². The van der Waals surface area contributed by atoms with Gasteiger partial charge in [0.05, 0.1) is 12.6 Å². The molecule has 0 aliphatic rings.